The molecule has 6 rings (SSSR count). The predicted molar refractivity (Wildman–Crippen MR) is 134 cm³/mol. The van der Waals surface area contributed by atoms with Crippen LogP contribution in [-0.2, 0) is 0 Å². The summed E-state index contributed by atoms with van der Waals surface area (Å²) in [6, 6.07) is 22.5. The van der Waals surface area contributed by atoms with Crippen LogP contribution in [0.2, 0.25) is 0 Å². The van der Waals surface area contributed by atoms with Crippen LogP contribution in [0.1, 0.15) is 16.7 Å². The summed E-state index contributed by atoms with van der Waals surface area (Å²) < 4.78 is 11.6. The van der Waals surface area contributed by atoms with Crippen molar-refractivity contribution in [3.05, 3.63) is 83.4 Å². The fourth-order valence-electron chi connectivity index (χ4n) is 4.35. The predicted octanol–water partition coefficient (Wildman–Crippen LogP) is 7.07. The summed E-state index contributed by atoms with van der Waals surface area (Å²) in [5.74, 6) is 2.74. The Balaban J connectivity index is 1.63. The third-order valence-corrected chi connectivity index (χ3v) is 6.42. The highest BCUT2D eigenvalue weighted by Gasteiger charge is 2.25. The van der Waals surface area contributed by atoms with Crippen molar-refractivity contribution < 1.29 is 9.47 Å². The van der Waals surface area contributed by atoms with Crippen molar-refractivity contribution in [2.24, 2.45) is 0 Å². The van der Waals surface area contributed by atoms with Crippen LogP contribution < -0.4 is 9.47 Å². The number of ether oxygens (including phenoxy) is 2. The number of rotatable bonds is 3. The number of aromatic nitrogens is 3. The van der Waals surface area contributed by atoms with Crippen LogP contribution in [0, 0.1) is 20.8 Å². The van der Waals surface area contributed by atoms with Gasteiger partial charge in [-0.2, -0.15) is 4.98 Å². The van der Waals surface area contributed by atoms with Gasteiger partial charge in [0.25, 0.3) is 0 Å². The fraction of sp³-hybridized carbons (Fsp3) is 0.138. The van der Waals surface area contributed by atoms with Gasteiger partial charge in [-0.1, -0.05) is 23.8 Å². The molecule has 0 radical (unpaired) electrons. The van der Waals surface area contributed by atoms with E-state index in [4.69, 9.17) is 24.4 Å². The molecule has 34 heavy (non-hydrogen) atoms. The number of nitrogens with zero attached hydrogens (tertiary/aromatic N) is 3. The van der Waals surface area contributed by atoms with Crippen LogP contribution >= 0.6 is 0 Å². The number of aryl methyl sites for hydroxylation is 3. The summed E-state index contributed by atoms with van der Waals surface area (Å²) in [5, 5.41) is 0.836. The van der Waals surface area contributed by atoms with Gasteiger partial charge in [0.15, 0.2) is 11.5 Å². The largest absolute Gasteiger partial charge is 0.497 e. The molecule has 0 aliphatic carbocycles. The number of fused-ring (bicyclic) bond motifs is 2. The normalized spacial score (nSPS) is 11.8. The summed E-state index contributed by atoms with van der Waals surface area (Å²) in [4.78, 5) is 14.7. The fourth-order valence-corrected chi connectivity index (χ4v) is 4.35. The van der Waals surface area contributed by atoms with Gasteiger partial charge in [-0.05, 0) is 80.4 Å². The molecule has 1 aliphatic rings. The molecule has 1 aliphatic heterocycles. The zero-order valence-electron chi connectivity index (χ0n) is 19.5. The Hall–Kier alpha value is -4.25. The SMILES string of the molecule is COc1ccc(-c2cc3c4c(nc(-c5ccc(C)c(C)c5)nc4n2)Oc2ccc(C)cc2-3)cc1. The van der Waals surface area contributed by atoms with Crippen molar-refractivity contribution in [3.63, 3.8) is 0 Å². The Morgan fingerprint density at radius 2 is 1.50 bits per heavy atom. The lowest BCUT2D eigenvalue weighted by Gasteiger charge is -2.21. The van der Waals surface area contributed by atoms with Crippen LogP contribution in [-0.4, -0.2) is 22.1 Å². The van der Waals surface area contributed by atoms with E-state index < -0.39 is 0 Å². The van der Waals surface area contributed by atoms with Crippen LogP contribution in [0.15, 0.2) is 66.7 Å². The van der Waals surface area contributed by atoms with Crippen LogP contribution in [0.5, 0.6) is 17.4 Å². The minimum atomic E-state index is 0.540. The highest BCUT2D eigenvalue weighted by Crippen LogP contribution is 2.46. The first-order chi connectivity index (χ1) is 16.5. The number of hydrogen-bond acceptors (Lipinski definition) is 5. The quantitative estimate of drug-likeness (QED) is 0.292. The molecule has 0 bridgehead atoms. The van der Waals surface area contributed by atoms with Gasteiger partial charge in [0.2, 0.25) is 5.88 Å². The van der Waals surface area contributed by atoms with Crippen LogP contribution in [0.25, 0.3) is 44.8 Å². The van der Waals surface area contributed by atoms with E-state index in [-0.39, 0.29) is 0 Å². The molecule has 3 aromatic carbocycles. The lowest BCUT2D eigenvalue weighted by molar-refractivity contribution is 0.415. The van der Waals surface area contributed by atoms with Crippen LogP contribution in [0.3, 0.4) is 0 Å². The van der Waals surface area contributed by atoms with E-state index in [1.807, 2.05) is 36.4 Å². The van der Waals surface area contributed by atoms with Crippen molar-refractivity contribution in [1.82, 2.24) is 15.0 Å². The third-order valence-electron chi connectivity index (χ3n) is 6.42. The zero-order valence-corrected chi connectivity index (χ0v) is 19.5. The van der Waals surface area contributed by atoms with Gasteiger partial charge in [-0.25, -0.2) is 9.97 Å². The molecule has 0 atom stereocenters. The molecule has 3 heterocycles. The van der Waals surface area contributed by atoms with Gasteiger partial charge < -0.3 is 9.47 Å². The Morgan fingerprint density at radius 1 is 0.706 bits per heavy atom. The summed E-state index contributed by atoms with van der Waals surface area (Å²) >= 11 is 0. The van der Waals surface area contributed by atoms with Gasteiger partial charge >= 0.3 is 0 Å². The van der Waals surface area contributed by atoms with E-state index in [0.717, 1.165) is 50.4 Å². The van der Waals surface area contributed by atoms with E-state index in [0.29, 0.717) is 17.4 Å². The minimum Gasteiger partial charge on any atom is -0.497 e. The van der Waals surface area contributed by atoms with E-state index in [2.05, 4.69) is 51.1 Å². The monoisotopic (exact) mass is 445 g/mol. The summed E-state index contributed by atoms with van der Waals surface area (Å²) in [6.07, 6.45) is 0. The second-order valence-corrected chi connectivity index (χ2v) is 8.74. The molecule has 5 nitrogen and oxygen atoms in total. The highest BCUT2D eigenvalue weighted by molar-refractivity contribution is 6.02. The van der Waals surface area contributed by atoms with E-state index in [1.165, 1.54) is 11.1 Å². The summed E-state index contributed by atoms with van der Waals surface area (Å²) in [5.41, 5.74) is 9.04. The first kappa shape index (κ1) is 20.4. The maximum Gasteiger partial charge on any atom is 0.233 e. The molecule has 2 aromatic heterocycles. The molecule has 0 saturated heterocycles. The van der Waals surface area contributed by atoms with Crippen molar-refractivity contribution in [3.8, 4) is 51.2 Å². The lowest BCUT2D eigenvalue weighted by atomic mass is 9.96. The Morgan fingerprint density at radius 3 is 2.26 bits per heavy atom. The van der Waals surface area contributed by atoms with Crippen LogP contribution in [0.4, 0.5) is 0 Å². The molecular weight excluding hydrogens is 422 g/mol. The minimum absolute atomic E-state index is 0.540. The molecule has 5 aromatic rings. The topological polar surface area (TPSA) is 57.1 Å². The first-order valence-corrected chi connectivity index (χ1v) is 11.2. The maximum atomic E-state index is 6.29. The van der Waals surface area contributed by atoms with Gasteiger partial charge in [0.05, 0.1) is 18.2 Å². The Labute approximate surface area is 198 Å². The standard InChI is InChI=1S/C29H23N3O2/c1-16-5-12-25-22(13-16)23-15-24(19-8-10-21(33-4)11-9-19)30-28-26(23)29(34-25)32-27(31-28)20-7-6-17(2)18(3)14-20/h5-15H,1-4H3. The number of methoxy groups -OCH3 is 1. The van der Waals surface area contributed by atoms with Crippen molar-refractivity contribution in [1.29, 1.82) is 0 Å². The second-order valence-electron chi connectivity index (χ2n) is 8.74. The smallest absolute Gasteiger partial charge is 0.233 e. The van der Waals surface area contributed by atoms with E-state index in [1.54, 1.807) is 7.11 Å². The summed E-state index contributed by atoms with van der Waals surface area (Å²) in [6.45, 7) is 6.27. The molecule has 166 valence electrons. The summed E-state index contributed by atoms with van der Waals surface area (Å²) in [7, 11) is 1.67. The molecule has 0 fully saturated rings. The van der Waals surface area contributed by atoms with E-state index in [9.17, 15) is 0 Å². The lowest BCUT2D eigenvalue weighted by Crippen LogP contribution is -2.05. The van der Waals surface area contributed by atoms with Crippen molar-refractivity contribution in [2.45, 2.75) is 20.8 Å². The molecular formula is C29H23N3O2. The molecule has 0 unspecified atom stereocenters. The average molecular weight is 446 g/mol. The maximum absolute atomic E-state index is 6.29. The number of pyridine rings is 1. The molecule has 5 heteroatoms. The van der Waals surface area contributed by atoms with Gasteiger partial charge in [-0.15, -0.1) is 0 Å². The number of benzene rings is 3. The van der Waals surface area contributed by atoms with Gasteiger partial charge in [0, 0.05) is 22.3 Å². The second kappa shape index (κ2) is 7.66. The van der Waals surface area contributed by atoms with E-state index >= 15 is 0 Å². The average Bonchev–Trinajstić information content (AvgIpc) is 2.86. The molecule has 0 amide bonds. The Bertz CT molecular complexity index is 1590. The molecule has 0 spiro atoms. The zero-order chi connectivity index (χ0) is 23.4. The molecule has 0 N–H and O–H groups in total. The van der Waals surface area contributed by atoms with Crippen molar-refractivity contribution in [2.75, 3.05) is 7.11 Å². The molecule has 0 saturated carbocycles. The Kier molecular flexibility index (Phi) is 4.59. The van der Waals surface area contributed by atoms with Crippen molar-refractivity contribution >= 4 is 11.0 Å². The van der Waals surface area contributed by atoms with Gasteiger partial charge in [0.1, 0.15) is 11.5 Å². The third kappa shape index (κ3) is 3.28. The van der Waals surface area contributed by atoms with Gasteiger partial charge in [-0.3, -0.25) is 0 Å². The first-order valence-electron chi connectivity index (χ1n) is 11.2. The highest BCUT2D eigenvalue weighted by atomic mass is 16.5. The number of hydrogen-bond donors (Lipinski definition) is 0.